The van der Waals surface area contributed by atoms with E-state index in [1.807, 2.05) is 66.7 Å². The molecule has 0 spiro atoms. The summed E-state index contributed by atoms with van der Waals surface area (Å²) in [7, 11) is 0. The number of aromatic nitrogens is 2. The average Bonchev–Trinajstić information content (AvgIpc) is 3.22. The first-order valence-electron chi connectivity index (χ1n) is 8.91. The smallest absolute Gasteiger partial charge is 0.145 e. The molecule has 0 amide bonds. The van der Waals surface area contributed by atoms with Gasteiger partial charge in [-0.3, -0.25) is 0 Å². The zero-order valence-corrected chi connectivity index (χ0v) is 15.1. The van der Waals surface area contributed by atoms with Gasteiger partial charge in [0, 0.05) is 36.3 Å². The number of hydrogen-bond donors (Lipinski definition) is 2. The topological polar surface area (TPSA) is 73.7 Å². The summed E-state index contributed by atoms with van der Waals surface area (Å²) in [6.45, 7) is 0. The molecule has 3 aromatic carbocycles. The number of rotatable bonds is 6. The third-order valence-corrected chi connectivity index (χ3v) is 4.22. The molecule has 0 unspecified atom stereocenters. The van der Waals surface area contributed by atoms with Crippen molar-refractivity contribution in [3.63, 3.8) is 0 Å². The van der Waals surface area contributed by atoms with Crippen LogP contribution in [0.1, 0.15) is 17.0 Å². The largest absolute Gasteiger partial charge is 0.456 e. The first-order valence-corrected chi connectivity index (χ1v) is 8.91. The molecule has 0 radical (unpaired) electrons. The quantitative estimate of drug-likeness (QED) is 0.479. The summed E-state index contributed by atoms with van der Waals surface area (Å²) in [5.74, 6) is 2.06. The number of anilines is 2. The second-order valence-electron chi connectivity index (χ2n) is 6.28. The van der Waals surface area contributed by atoms with Crippen molar-refractivity contribution in [2.75, 3.05) is 5.32 Å². The van der Waals surface area contributed by atoms with Gasteiger partial charge in [-0.2, -0.15) is 5.26 Å². The zero-order valence-electron chi connectivity index (χ0n) is 15.1. The predicted octanol–water partition coefficient (Wildman–Crippen LogP) is 5.41. The highest BCUT2D eigenvalue weighted by molar-refractivity contribution is 5.61. The molecule has 0 aliphatic heterocycles. The first kappa shape index (κ1) is 17.4. The van der Waals surface area contributed by atoms with Crippen molar-refractivity contribution in [1.29, 1.82) is 5.26 Å². The average molecular weight is 366 g/mol. The van der Waals surface area contributed by atoms with Gasteiger partial charge in [0.05, 0.1) is 5.56 Å². The highest BCUT2D eigenvalue weighted by atomic mass is 16.5. The van der Waals surface area contributed by atoms with Crippen molar-refractivity contribution in [2.24, 2.45) is 0 Å². The van der Waals surface area contributed by atoms with E-state index in [0.717, 1.165) is 22.8 Å². The number of imidazole rings is 1. The van der Waals surface area contributed by atoms with Crippen LogP contribution in [0.2, 0.25) is 0 Å². The van der Waals surface area contributed by atoms with E-state index in [9.17, 15) is 5.26 Å². The number of nitrogens with one attached hydrogen (secondary N) is 2. The third-order valence-electron chi connectivity index (χ3n) is 4.22. The Bertz CT molecular complexity index is 1100. The van der Waals surface area contributed by atoms with Gasteiger partial charge in [0.15, 0.2) is 0 Å². The number of para-hydroxylation sites is 1. The lowest BCUT2D eigenvalue weighted by Gasteiger charge is -2.11. The molecule has 1 heterocycles. The second kappa shape index (κ2) is 8.11. The van der Waals surface area contributed by atoms with E-state index >= 15 is 0 Å². The third kappa shape index (κ3) is 4.19. The normalized spacial score (nSPS) is 10.2. The van der Waals surface area contributed by atoms with E-state index < -0.39 is 0 Å². The van der Waals surface area contributed by atoms with E-state index in [1.54, 1.807) is 18.5 Å². The number of ether oxygens (including phenoxy) is 1. The van der Waals surface area contributed by atoms with Crippen LogP contribution in [0.25, 0.3) is 0 Å². The zero-order chi connectivity index (χ0) is 19.2. The number of nitrogens with zero attached hydrogens (tertiary/aromatic N) is 2. The minimum Gasteiger partial charge on any atom is -0.456 e. The lowest BCUT2D eigenvalue weighted by molar-refractivity contribution is 0.481. The fourth-order valence-electron chi connectivity index (χ4n) is 2.89. The standard InChI is InChI=1S/C23H18N4O/c24-16-18-10-9-17(14-23-25-11-12-26-23)13-22(18)28-21-8-4-7-20(15-21)27-19-5-2-1-3-6-19/h1-13,15,27H,14H2,(H,25,26). The molecule has 0 fully saturated rings. The Kier molecular flexibility index (Phi) is 5.03. The molecule has 5 heteroatoms. The summed E-state index contributed by atoms with van der Waals surface area (Å²) >= 11 is 0. The van der Waals surface area contributed by atoms with Crippen molar-refractivity contribution < 1.29 is 4.74 Å². The van der Waals surface area contributed by atoms with Crippen molar-refractivity contribution >= 4 is 11.4 Å². The van der Waals surface area contributed by atoms with Gasteiger partial charge < -0.3 is 15.0 Å². The van der Waals surface area contributed by atoms with Gasteiger partial charge in [-0.1, -0.05) is 30.3 Å². The van der Waals surface area contributed by atoms with Crippen molar-refractivity contribution in [1.82, 2.24) is 9.97 Å². The van der Waals surface area contributed by atoms with Gasteiger partial charge >= 0.3 is 0 Å². The second-order valence-corrected chi connectivity index (χ2v) is 6.28. The lowest BCUT2D eigenvalue weighted by atomic mass is 10.1. The first-order chi connectivity index (χ1) is 13.8. The summed E-state index contributed by atoms with van der Waals surface area (Å²) < 4.78 is 6.05. The summed E-state index contributed by atoms with van der Waals surface area (Å²) in [6.07, 6.45) is 4.16. The van der Waals surface area contributed by atoms with Crippen LogP contribution in [-0.2, 0) is 6.42 Å². The number of hydrogen-bond acceptors (Lipinski definition) is 4. The van der Waals surface area contributed by atoms with Gasteiger partial charge in [0.25, 0.3) is 0 Å². The number of H-pyrrole nitrogens is 1. The van der Waals surface area contributed by atoms with E-state index in [-0.39, 0.29) is 0 Å². The number of aromatic amines is 1. The van der Waals surface area contributed by atoms with Crippen molar-refractivity contribution in [2.45, 2.75) is 6.42 Å². The molecule has 0 aliphatic carbocycles. The van der Waals surface area contributed by atoms with Gasteiger partial charge in [-0.15, -0.1) is 0 Å². The van der Waals surface area contributed by atoms with Crippen LogP contribution in [0.15, 0.2) is 85.2 Å². The van der Waals surface area contributed by atoms with Crippen molar-refractivity contribution in [3.05, 3.63) is 102 Å². The molecule has 0 saturated carbocycles. The van der Waals surface area contributed by atoms with Gasteiger partial charge in [-0.25, -0.2) is 4.98 Å². The molecule has 4 aromatic rings. The summed E-state index contributed by atoms with van der Waals surface area (Å²) in [5.41, 5.74) is 3.42. The molecule has 0 saturated heterocycles. The van der Waals surface area contributed by atoms with Gasteiger partial charge in [-0.05, 0) is 42.0 Å². The molecule has 0 atom stereocenters. The molecular formula is C23H18N4O. The number of benzene rings is 3. The number of nitriles is 1. The van der Waals surface area contributed by atoms with Crippen LogP contribution in [-0.4, -0.2) is 9.97 Å². The molecule has 0 bridgehead atoms. The Balaban J connectivity index is 1.56. The minimum absolute atomic E-state index is 0.490. The maximum Gasteiger partial charge on any atom is 0.145 e. The molecule has 136 valence electrons. The predicted molar refractivity (Wildman–Crippen MR) is 109 cm³/mol. The van der Waals surface area contributed by atoms with E-state index in [2.05, 4.69) is 21.4 Å². The molecule has 2 N–H and O–H groups in total. The van der Waals surface area contributed by atoms with Crippen LogP contribution < -0.4 is 10.1 Å². The molecule has 5 nitrogen and oxygen atoms in total. The monoisotopic (exact) mass is 366 g/mol. The summed E-state index contributed by atoms with van der Waals surface area (Å²) in [4.78, 5) is 7.34. The van der Waals surface area contributed by atoms with Crippen LogP contribution in [0.5, 0.6) is 11.5 Å². The van der Waals surface area contributed by atoms with E-state index in [4.69, 9.17) is 4.74 Å². The van der Waals surface area contributed by atoms with Crippen LogP contribution in [0.4, 0.5) is 11.4 Å². The van der Waals surface area contributed by atoms with E-state index in [0.29, 0.717) is 23.5 Å². The molecular weight excluding hydrogens is 348 g/mol. The fraction of sp³-hybridized carbons (Fsp3) is 0.0435. The summed E-state index contributed by atoms with van der Waals surface area (Å²) in [6, 6.07) is 25.4. The molecule has 1 aromatic heterocycles. The Morgan fingerprint density at radius 1 is 0.964 bits per heavy atom. The Hall–Kier alpha value is -4.04. The maximum atomic E-state index is 9.43. The SMILES string of the molecule is N#Cc1ccc(Cc2ncc[nH]2)cc1Oc1cccc(Nc2ccccc2)c1. The Morgan fingerprint density at radius 3 is 2.61 bits per heavy atom. The molecule has 0 aliphatic rings. The minimum atomic E-state index is 0.490. The highest BCUT2D eigenvalue weighted by Gasteiger charge is 2.08. The van der Waals surface area contributed by atoms with Crippen molar-refractivity contribution in [3.8, 4) is 17.6 Å². The Labute approximate surface area is 163 Å². The van der Waals surface area contributed by atoms with E-state index in [1.165, 1.54) is 0 Å². The highest BCUT2D eigenvalue weighted by Crippen LogP contribution is 2.29. The molecule has 4 rings (SSSR count). The van der Waals surface area contributed by atoms with Crippen LogP contribution >= 0.6 is 0 Å². The van der Waals surface area contributed by atoms with Gasteiger partial charge in [0.2, 0.25) is 0 Å². The Morgan fingerprint density at radius 2 is 1.82 bits per heavy atom. The van der Waals surface area contributed by atoms with Crippen LogP contribution in [0.3, 0.4) is 0 Å². The fourth-order valence-corrected chi connectivity index (χ4v) is 2.89. The van der Waals surface area contributed by atoms with Gasteiger partial charge in [0.1, 0.15) is 23.4 Å². The van der Waals surface area contributed by atoms with Crippen LogP contribution in [0, 0.1) is 11.3 Å². The summed E-state index contributed by atoms with van der Waals surface area (Å²) in [5, 5.41) is 12.8. The molecule has 28 heavy (non-hydrogen) atoms. The lowest BCUT2D eigenvalue weighted by Crippen LogP contribution is -1.95. The maximum absolute atomic E-state index is 9.43.